The molecule has 1 aromatic rings. The third-order valence-corrected chi connectivity index (χ3v) is 4.99. The number of halogens is 1. The fourth-order valence-electron chi connectivity index (χ4n) is 2.52. The van der Waals surface area contributed by atoms with Crippen molar-refractivity contribution in [3.63, 3.8) is 0 Å². The van der Waals surface area contributed by atoms with Gasteiger partial charge in [-0.05, 0) is 45.7 Å². The van der Waals surface area contributed by atoms with Crippen LogP contribution in [0.2, 0.25) is 5.02 Å². The van der Waals surface area contributed by atoms with E-state index in [-0.39, 0.29) is 18.2 Å². The normalized spacial score (nSPS) is 17.7. The first-order valence-electron chi connectivity index (χ1n) is 7.24. The van der Waals surface area contributed by atoms with Gasteiger partial charge in [0.1, 0.15) is 0 Å². The van der Waals surface area contributed by atoms with Crippen LogP contribution in [0.3, 0.4) is 0 Å². The summed E-state index contributed by atoms with van der Waals surface area (Å²) in [7, 11) is 0. The van der Waals surface area contributed by atoms with Crippen molar-refractivity contribution in [2.75, 3.05) is 12.4 Å². The lowest BCUT2D eigenvalue weighted by Gasteiger charge is -2.29. The van der Waals surface area contributed by atoms with Gasteiger partial charge in [-0.3, -0.25) is 0 Å². The van der Waals surface area contributed by atoms with Gasteiger partial charge >= 0.3 is 5.97 Å². The molecule has 0 amide bonds. The summed E-state index contributed by atoms with van der Waals surface area (Å²) >= 11 is 8.29. The molecule has 0 spiro atoms. The van der Waals surface area contributed by atoms with E-state index in [2.05, 4.69) is 0 Å². The highest BCUT2D eigenvalue weighted by Gasteiger charge is 2.29. The maximum absolute atomic E-state index is 12.1. The summed E-state index contributed by atoms with van der Waals surface area (Å²) in [6.45, 7) is 8.15. The molecule has 1 aliphatic heterocycles. The number of ether oxygens (including phenoxy) is 2. The van der Waals surface area contributed by atoms with E-state index in [1.807, 2.05) is 26.8 Å². The largest absolute Gasteiger partial charge is 0.462 e. The molecule has 0 saturated heterocycles. The molecule has 1 unspecified atom stereocenters. The minimum Gasteiger partial charge on any atom is -0.462 e. The topological polar surface area (TPSA) is 35.5 Å². The minimum atomic E-state index is -0.368. The fraction of sp³-hybridized carbons (Fsp3) is 0.562. The van der Waals surface area contributed by atoms with Crippen LogP contribution in [0.4, 0.5) is 0 Å². The molecule has 0 bridgehead atoms. The third kappa shape index (κ3) is 3.55. The van der Waals surface area contributed by atoms with Gasteiger partial charge in [-0.2, -0.15) is 0 Å². The highest BCUT2D eigenvalue weighted by molar-refractivity contribution is 7.99. The van der Waals surface area contributed by atoms with Crippen LogP contribution in [0.25, 0.3) is 0 Å². The minimum absolute atomic E-state index is 0.0539. The van der Waals surface area contributed by atoms with Gasteiger partial charge in [-0.15, -0.1) is 11.8 Å². The van der Waals surface area contributed by atoms with Crippen molar-refractivity contribution in [2.24, 2.45) is 0 Å². The highest BCUT2D eigenvalue weighted by Crippen LogP contribution is 2.45. The van der Waals surface area contributed by atoms with E-state index in [1.165, 1.54) is 0 Å². The molecular weight excluding hydrogens is 308 g/mol. The van der Waals surface area contributed by atoms with Gasteiger partial charge in [0, 0.05) is 16.2 Å². The fourth-order valence-corrected chi connectivity index (χ4v) is 4.13. The number of hydrogen-bond acceptors (Lipinski definition) is 4. The zero-order valence-corrected chi connectivity index (χ0v) is 14.4. The summed E-state index contributed by atoms with van der Waals surface area (Å²) < 4.78 is 11.1. The SMILES string of the molecule is CCOC(=O)c1cc(C)c2c(c1Cl)C(OC(C)C)CCS2. The lowest BCUT2D eigenvalue weighted by molar-refractivity contribution is 0.00267. The van der Waals surface area contributed by atoms with Crippen LogP contribution < -0.4 is 0 Å². The lowest BCUT2D eigenvalue weighted by atomic mass is 9.99. The van der Waals surface area contributed by atoms with Crippen molar-refractivity contribution < 1.29 is 14.3 Å². The molecule has 0 aliphatic carbocycles. The zero-order chi connectivity index (χ0) is 15.6. The van der Waals surface area contributed by atoms with Crippen LogP contribution in [0.15, 0.2) is 11.0 Å². The number of fused-ring (bicyclic) bond motifs is 1. The van der Waals surface area contributed by atoms with Gasteiger partial charge < -0.3 is 9.47 Å². The van der Waals surface area contributed by atoms with Crippen molar-refractivity contribution in [1.82, 2.24) is 0 Å². The van der Waals surface area contributed by atoms with Crippen LogP contribution in [-0.4, -0.2) is 24.4 Å². The predicted molar refractivity (Wildman–Crippen MR) is 86.4 cm³/mol. The van der Waals surface area contributed by atoms with Crippen molar-refractivity contribution in [1.29, 1.82) is 0 Å². The summed E-state index contributed by atoms with van der Waals surface area (Å²) in [4.78, 5) is 13.2. The van der Waals surface area contributed by atoms with Gasteiger partial charge in [0.15, 0.2) is 0 Å². The Hall–Kier alpha value is -0.710. The number of aryl methyl sites for hydroxylation is 1. The summed E-state index contributed by atoms with van der Waals surface area (Å²) in [5, 5.41) is 0.479. The van der Waals surface area contributed by atoms with E-state index in [9.17, 15) is 4.79 Å². The number of hydrogen-bond donors (Lipinski definition) is 0. The van der Waals surface area contributed by atoms with E-state index in [1.54, 1.807) is 18.7 Å². The van der Waals surface area contributed by atoms with Gasteiger partial charge in [0.25, 0.3) is 0 Å². The second kappa shape index (κ2) is 7.03. The molecule has 2 rings (SSSR count). The molecule has 1 atom stereocenters. The first kappa shape index (κ1) is 16.7. The Kier molecular flexibility index (Phi) is 5.58. The molecule has 0 fully saturated rings. The van der Waals surface area contributed by atoms with Crippen LogP contribution in [0.1, 0.15) is 54.8 Å². The number of esters is 1. The van der Waals surface area contributed by atoms with Gasteiger partial charge in [-0.25, -0.2) is 4.79 Å². The van der Waals surface area contributed by atoms with Gasteiger partial charge in [0.05, 0.1) is 29.4 Å². The van der Waals surface area contributed by atoms with E-state index >= 15 is 0 Å². The number of benzene rings is 1. The van der Waals surface area contributed by atoms with Crippen molar-refractivity contribution in [2.45, 2.75) is 51.2 Å². The van der Waals surface area contributed by atoms with Crippen molar-refractivity contribution >= 4 is 29.3 Å². The molecule has 21 heavy (non-hydrogen) atoms. The zero-order valence-electron chi connectivity index (χ0n) is 12.9. The first-order chi connectivity index (χ1) is 9.95. The second-order valence-corrected chi connectivity index (χ2v) is 6.81. The average molecular weight is 329 g/mol. The average Bonchev–Trinajstić information content (AvgIpc) is 2.42. The lowest BCUT2D eigenvalue weighted by Crippen LogP contribution is -2.18. The molecule has 0 aromatic heterocycles. The monoisotopic (exact) mass is 328 g/mol. The summed E-state index contributed by atoms with van der Waals surface area (Å²) in [5.74, 6) is 0.632. The van der Waals surface area contributed by atoms with Crippen molar-refractivity contribution in [3.8, 4) is 0 Å². The Morgan fingerprint density at radius 1 is 1.52 bits per heavy atom. The second-order valence-electron chi connectivity index (χ2n) is 5.33. The Balaban J connectivity index is 2.50. The quantitative estimate of drug-likeness (QED) is 0.745. The molecule has 0 radical (unpaired) electrons. The smallest absolute Gasteiger partial charge is 0.339 e. The standard InChI is InChI=1S/C16H21ClO3S/c1-5-19-16(18)11-8-10(4)15-13(14(11)17)12(6-7-21-15)20-9(2)3/h8-9,12H,5-7H2,1-4H3. The van der Waals surface area contributed by atoms with Crippen LogP contribution in [-0.2, 0) is 9.47 Å². The molecule has 1 aromatic carbocycles. The van der Waals surface area contributed by atoms with E-state index in [4.69, 9.17) is 21.1 Å². The molecule has 5 heteroatoms. The maximum atomic E-state index is 12.1. The highest BCUT2D eigenvalue weighted by atomic mass is 35.5. The Morgan fingerprint density at radius 2 is 2.24 bits per heavy atom. The molecule has 3 nitrogen and oxygen atoms in total. The van der Waals surface area contributed by atoms with Gasteiger partial charge in [-0.1, -0.05) is 11.6 Å². The summed E-state index contributed by atoms with van der Waals surface area (Å²) in [5.41, 5.74) is 2.44. The maximum Gasteiger partial charge on any atom is 0.339 e. The third-order valence-electron chi connectivity index (χ3n) is 3.32. The first-order valence-corrected chi connectivity index (χ1v) is 8.60. The van der Waals surface area contributed by atoms with E-state index in [0.29, 0.717) is 17.2 Å². The molecule has 1 heterocycles. The Labute approximate surface area is 135 Å². The molecule has 0 saturated carbocycles. The molecule has 0 N–H and O–H groups in total. The van der Waals surface area contributed by atoms with E-state index < -0.39 is 0 Å². The summed E-state index contributed by atoms with van der Waals surface area (Å²) in [6, 6.07) is 1.82. The molecular formula is C16H21ClO3S. The Bertz CT molecular complexity index is 543. The number of carbonyl (C=O) groups is 1. The van der Waals surface area contributed by atoms with Crippen LogP contribution in [0, 0.1) is 6.92 Å². The van der Waals surface area contributed by atoms with Gasteiger partial charge in [0.2, 0.25) is 0 Å². The van der Waals surface area contributed by atoms with Crippen LogP contribution in [0.5, 0.6) is 0 Å². The number of thioether (sulfide) groups is 1. The van der Waals surface area contributed by atoms with Crippen LogP contribution >= 0.6 is 23.4 Å². The Morgan fingerprint density at radius 3 is 2.86 bits per heavy atom. The predicted octanol–water partition coefficient (Wildman–Crippen LogP) is 4.79. The number of rotatable bonds is 4. The summed E-state index contributed by atoms with van der Waals surface area (Å²) in [6.07, 6.45) is 0.969. The molecule has 116 valence electrons. The van der Waals surface area contributed by atoms with Crippen molar-refractivity contribution in [3.05, 3.63) is 27.8 Å². The van der Waals surface area contributed by atoms with E-state index in [0.717, 1.165) is 28.2 Å². The number of carbonyl (C=O) groups excluding carboxylic acids is 1. The molecule has 1 aliphatic rings.